The van der Waals surface area contributed by atoms with Gasteiger partial charge in [-0.15, -0.1) is 0 Å². The molecule has 0 bridgehead atoms. The maximum atomic E-state index is 12.5. The largest absolute Gasteiger partial charge is 0.355 e. The van der Waals surface area contributed by atoms with Crippen molar-refractivity contribution in [1.29, 1.82) is 0 Å². The number of carbonyl (C=O) groups excluding carboxylic acids is 2. The molecule has 0 saturated carbocycles. The monoisotopic (exact) mass is 315 g/mol. The summed E-state index contributed by atoms with van der Waals surface area (Å²) in [5.74, 6) is 0.930. The summed E-state index contributed by atoms with van der Waals surface area (Å²) in [7, 11) is 0. The van der Waals surface area contributed by atoms with E-state index in [1.807, 2.05) is 4.90 Å². The number of amides is 2. The SMILES string of the molecule is O=C(c1cncc(N2CCCC2)n1)N1CC(N2CCCC2=O)C1. The van der Waals surface area contributed by atoms with E-state index in [-0.39, 0.29) is 17.9 Å². The van der Waals surface area contributed by atoms with Gasteiger partial charge in [0, 0.05) is 39.1 Å². The Bertz CT molecular complexity index is 623. The Labute approximate surface area is 135 Å². The Kier molecular flexibility index (Phi) is 3.63. The highest BCUT2D eigenvalue weighted by molar-refractivity contribution is 5.93. The molecular formula is C16H21N5O2. The first kappa shape index (κ1) is 14.4. The van der Waals surface area contributed by atoms with Crippen LogP contribution >= 0.6 is 0 Å². The first-order valence-corrected chi connectivity index (χ1v) is 8.38. The van der Waals surface area contributed by atoms with Gasteiger partial charge in [0.05, 0.1) is 18.4 Å². The average molecular weight is 315 g/mol. The maximum Gasteiger partial charge on any atom is 0.274 e. The molecule has 0 radical (unpaired) electrons. The summed E-state index contributed by atoms with van der Waals surface area (Å²) in [6, 6.07) is 0.184. The smallest absolute Gasteiger partial charge is 0.274 e. The molecule has 0 aliphatic carbocycles. The minimum absolute atomic E-state index is 0.0820. The van der Waals surface area contributed by atoms with E-state index in [0.717, 1.165) is 44.7 Å². The van der Waals surface area contributed by atoms with E-state index in [2.05, 4.69) is 14.9 Å². The highest BCUT2D eigenvalue weighted by Gasteiger charge is 2.39. The molecule has 3 fully saturated rings. The lowest BCUT2D eigenvalue weighted by Crippen LogP contribution is -2.61. The standard InChI is InChI=1S/C16H21N5O2/c22-15-4-3-7-21(15)12-10-20(11-12)16(23)13-8-17-9-14(18-13)19-5-1-2-6-19/h8-9,12H,1-7,10-11H2. The van der Waals surface area contributed by atoms with Crippen LogP contribution in [-0.4, -0.2) is 70.3 Å². The minimum atomic E-state index is -0.0820. The van der Waals surface area contributed by atoms with Gasteiger partial charge in [-0.05, 0) is 19.3 Å². The van der Waals surface area contributed by atoms with Crippen molar-refractivity contribution in [1.82, 2.24) is 19.8 Å². The van der Waals surface area contributed by atoms with Crippen molar-refractivity contribution in [3.63, 3.8) is 0 Å². The fraction of sp³-hybridized carbons (Fsp3) is 0.625. The van der Waals surface area contributed by atoms with Crippen molar-refractivity contribution in [3.8, 4) is 0 Å². The highest BCUT2D eigenvalue weighted by Crippen LogP contribution is 2.23. The lowest BCUT2D eigenvalue weighted by Gasteiger charge is -2.43. The van der Waals surface area contributed by atoms with E-state index in [4.69, 9.17) is 0 Å². The molecule has 7 heteroatoms. The van der Waals surface area contributed by atoms with Crippen LogP contribution in [0.25, 0.3) is 0 Å². The Balaban J connectivity index is 1.40. The number of anilines is 1. The van der Waals surface area contributed by atoms with Gasteiger partial charge in [-0.2, -0.15) is 0 Å². The summed E-state index contributed by atoms with van der Waals surface area (Å²) < 4.78 is 0. The summed E-state index contributed by atoms with van der Waals surface area (Å²) >= 11 is 0. The zero-order valence-electron chi connectivity index (χ0n) is 13.1. The van der Waals surface area contributed by atoms with E-state index in [1.54, 1.807) is 11.1 Å². The Hall–Kier alpha value is -2.18. The summed E-state index contributed by atoms with van der Waals surface area (Å²) in [6.07, 6.45) is 7.18. The molecule has 0 unspecified atom stereocenters. The molecule has 3 aliphatic rings. The van der Waals surface area contributed by atoms with Crippen LogP contribution in [0.5, 0.6) is 0 Å². The van der Waals surface area contributed by atoms with E-state index in [1.165, 1.54) is 6.20 Å². The molecule has 1 aromatic rings. The van der Waals surface area contributed by atoms with Crippen LogP contribution in [0.4, 0.5) is 5.82 Å². The van der Waals surface area contributed by atoms with Gasteiger partial charge in [0.15, 0.2) is 0 Å². The predicted octanol–water partition coefficient (Wildman–Crippen LogP) is 0.524. The van der Waals surface area contributed by atoms with Crippen LogP contribution in [0.15, 0.2) is 12.4 Å². The molecule has 1 aromatic heterocycles. The van der Waals surface area contributed by atoms with Crippen LogP contribution in [0, 0.1) is 0 Å². The van der Waals surface area contributed by atoms with Crippen molar-refractivity contribution in [2.75, 3.05) is 37.6 Å². The number of hydrogen-bond donors (Lipinski definition) is 0. The van der Waals surface area contributed by atoms with Gasteiger partial charge < -0.3 is 14.7 Å². The highest BCUT2D eigenvalue weighted by atomic mass is 16.2. The second-order valence-corrected chi connectivity index (χ2v) is 6.51. The van der Waals surface area contributed by atoms with Crippen LogP contribution in [-0.2, 0) is 4.79 Å². The predicted molar refractivity (Wildman–Crippen MR) is 84.1 cm³/mol. The summed E-state index contributed by atoms with van der Waals surface area (Å²) in [5, 5.41) is 0. The fourth-order valence-electron chi connectivity index (χ4n) is 3.59. The van der Waals surface area contributed by atoms with Crippen LogP contribution < -0.4 is 4.90 Å². The third-order valence-electron chi connectivity index (χ3n) is 4.97. The molecular weight excluding hydrogens is 294 g/mol. The quantitative estimate of drug-likeness (QED) is 0.813. The molecule has 3 saturated heterocycles. The summed E-state index contributed by atoms with van der Waals surface area (Å²) in [5.41, 5.74) is 0.403. The normalized spacial score (nSPS) is 21.9. The van der Waals surface area contributed by atoms with Crippen LogP contribution in [0.1, 0.15) is 36.2 Å². The summed E-state index contributed by atoms with van der Waals surface area (Å²) in [4.78, 5) is 38.8. The number of likely N-dealkylation sites (tertiary alicyclic amines) is 2. The summed E-state index contributed by atoms with van der Waals surface area (Å²) in [6.45, 7) is 4.01. The third kappa shape index (κ3) is 2.64. The first-order chi connectivity index (χ1) is 11.2. The molecule has 0 N–H and O–H groups in total. The zero-order valence-corrected chi connectivity index (χ0v) is 13.1. The molecule has 2 amide bonds. The van der Waals surface area contributed by atoms with E-state index < -0.39 is 0 Å². The van der Waals surface area contributed by atoms with Crippen LogP contribution in [0.3, 0.4) is 0 Å². The van der Waals surface area contributed by atoms with E-state index in [0.29, 0.717) is 25.2 Å². The molecule has 0 aromatic carbocycles. The van der Waals surface area contributed by atoms with E-state index in [9.17, 15) is 9.59 Å². The molecule has 4 rings (SSSR count). The van der Waals surface area contributed by atoms with Crippen molar-refractivity contribution in [3.05, 3.63) is 18.1 Å². The second-order valence-electron chi connectivity index (χ2n) is 6.51. The molecule has 23 heavy (non-hydrogen) atoms. The Morgan fingerprint density at radius 3 is 2.57 bits per heavy atom. The molecule has 122 valence electrons. The Morgan fingerprint density at radius 2 is 1.87 bits per heavy atom. The Morgan fingerprint density at radius 1 is 1.09 bits per heavy atom. The van der Waals surface area contributed by atoms with E-state index >= 15 is 0 Å². The number of nitrogens with zero attached hydrogens (tertiary/aromatic N) is 5. The molecule has 7 nitrogen and oxygen atoms in total. The molecule has 0 spiro atoms. The average Bonchev–Trinajstić information content (AvgIpc) is 3.18. The van der Waals surface area contributed by atoms with Gasteiger partial charge in [-0.25, -0.2) is 4.98 Å². The van der Waals surface area contributed by atoms with Crippen molar-refractivity contribution in [2.24, 2.45) is 0 Å². The van der Waals surface area contributed by atoms with Gasteiger partial charge in [-0.3, -0.25) is 14.6 Å². The van der Waals surface area contributed by atoms with Gasteiger partial charge in [0.2, 0.25) is 5.91 Å². The fourth-order valence-corrected chi connectivity index (χ4v) is 3.59. The molecule has 3 aliphatic heterocycles. The van der Waals surface area contributed by atoms with Crippen molar-refractivity contribution >= 4 is 17.6 Å². The van der Waals surface area contributed by atoms with Gasteiger partial charge in [0.1, 0.15) is 11.5 Å². The van der Waals surface area contributed by atoms with Crippen LogP contribution in [0.2, 0.25) is 0 Å². The lowest BCUT2D eigenvalue weighted by atomic mass is 10.1. The molecule has 4 heterocycles. The van der Waals surface area contributed by atoms with Gasteiger partial charge >= 0.3 is 0 Å². The maximum absolute atomic E-state index is 12.5. The molecule has 0 atom stereocenters. The second kappa shape index (κ2) is 5.79. The number of carbonyl (C=O) groups is 2. The third-order valence-corrected chi connectivity index (χ3v) is 4.97. The number of rotatable bonds is 3. The van der Waals surface area contributed by atoms with Gasteiger partial charge in [0.25, 0.3) is 5.91 Å². The van der Waals surface area contributed by atoms with Crippen molar-refractivity contribution in [2.45, 2.75) is 31.7 Å². The topological polar surface area (TPSA) is 69.6 Å². The number of aromatic nitrogens is 2. The minimum Gasteiger partial charge on any atom is -0.355 e. The van der Waals surface area contributed by atoms with Gasteiger partial charge in [-0.1, -0.05) is 0 Å². The lowest BCUT2D eigenvalue weighted by molar-refractivity contribution is -0.132. The number of hydrogen-bond acceptors (Lipinski definition) is 5. The van der Waals surface area contributed by atoms with Crippen molar-refractivity contribution < 1.29 is 9.59 Å². The first-order valence-electron chi connectivity index (χ1n) is 8.38. The zero-order chi connectivity index (χ0) is 15.8.